The number of carbonyl (C=O) groups excluding carboxylic acids is 1. The van der Waals surface area contributed by atoms with Crippen LogP contribution in [0.1, 0.15) is 22.2 Å². The molecule has 0 unspecified atom stereocenters. The first kappa shape index (κ1) is 17.8. The smallest absolute Gasteiger partial charge is 0.162 e. The van der Waals surface area contributed by atoms with Gasteiger partial charge >= 0.3 is 0 Å². The molecular formula is C17H20N2O2S. The number of nitrogens with one attached hydrogen (secondary N) is 1. The fourth-order valence-electron chi connectivity index (χ4n) is 1.98. The molecule has 0 aliphatic rings. The van der Waals surface area contributed by atoms with Crippen molar-refractivity contribution >= 4 is 41.3 Å². The van der Waals surface area contributed by atoms with Crippen LogP contribution < -0.4 is 5.32 Å². The molecule has 1 heterocycles. The summed E-state index contributed by atoms with van der Waals surface area (Å²) in [5.41, 5.74) is 3.91. The molecule has 5 heteroatoms. The fourth-order valence-corrected chi connectivity index (χ4v) is 2.66. The molecule has 0 aliphatic carbocycles. The zero-order valence-corrected chi connectivity index (χ0v) is 13.6. The minimum atomic E-state index is 0.639. The van der Waals surface area contributed by atoms with Gasteiger partial charge in [0.05, 0.1) is 16.3 Å². The van der Waals surface area contributed by atoms with E-state index in [4.69, 9.17) is 5.11 Å². The second-order valence-electron chi connectivity index (χ2n) is 4.16. The highest BCUT2D eigenvalue weighted by atomic mass is 32.1. The first-order valence-corrected chi connectivity index (χ1v) is 7.60. The Morgan fingerprint density at radius 2 is 2.09 bits per heavy atom. The topological polar surface area (TPSA) is 61.7 Å². The molecule has 0 atom stereocenters. The molecule has 0 radical (unpaired) electrons. The van der Waals surface area contributed by atoms with Crippen LogP contribution in [0.25, 0.3) is 5.57 Å². The number of hydrogen-bond acceptors (Lipinski definition) is 5. The highest BCUT2D eigenvalue weighted by Crippen LogP contribution is 2.27. The van der Waals surface area contributed by atoms with Gasteiger partial charge in [0.2, 0.25) is 0 Å². The molecule has 2 rings (SSSR count). The van der Waals surface area contributed by atoms with Gasteiger partial charge in [-0.1, -0.05) is 24.3 Å². The molecule has 0 bridgehead atoms. The second kappa shape index (κ2) is 9.65. The lowest BCUT2D eigenvalue weighted by molar-refractivity contribution is 0.112. The second-order valence-corrected chi connectivity index (χ2v) is 5.11. The Labute approximate surface area is 134 Å². The summed E-state index contributed by atoms with van der Waals surface area (Å²) in [6, 6.07) is 9.80. The van der Waals surface area contributed by atoms with Crippen molar-refractivity contribution in [3.8, 4) is 0 Å². The van der Waals surface area contributed by atoms with Crippen LogP contribution in [0, 0.1) is 0 Å². The zero-order valence-electron chi connectivity index (χ0n) is 12.7. The van der Waals surface area contributed by atoms with Gasteiger partial charge in [0, 0.05) is 19.2 Å². The molecule has 1 aromatic heterocycles. The Kier molecular flexibility index (Phi) is 7.81. The molecular weight excluding hydrogens is 296 g/mol. The van der Waals surface area contributed by atoms with Crippen molar-refractivity contribution in [1.82, 2.24) is 0 Å². The normalized spacial score (nSPS) is 10.4. The van der Waals surface area contributed by atoms with E-state index in [2.05, 4.69) is 17.0 Å². The van der Waals surface area contributed by atoms with E-state index in [9.17, 15) is 4.79 Å². The van der Waals surface area contributed by atoms with Gasteiger partial charge in [-0.05, 0) is 36.7 Å². The molecule has 1 aromatic carbocycles. The monoisotopic (exact) mass is 316 g/mol. The van der Waals surface area contributed by atoms with E-state index in [0.717, 1.165) is 40.8 Å². The average Bonchev–Trinajstić information content (AvgIpc) is 3.05. The quantitative estimate of drug-likeness (QED) is 0.625. The van der Waals surface area contributed by atoms with Crippen molar-refractivity contribution in [3.63, 3.8) is 0 Å². The molecule has 22 heavy (non-hydrogen) atoms. The number of thiophene rings is 1. The van der Waals surface area contributed by atoms with Gasteiger partial charge in [-0.15, -0.1) is 11.3 Å². The lowest BCUT2D eigenvalue weighted by atomic mass is 10.0. The van der Waals surface area contributed by atoms with Gasteiger partial charge in [-0.3, -0.25) is 9.79 Å². The molecule has 4 nitrogen and oxygen atoms in total. The predicted molar refractivity (Wildman–Crippen MR) is 95.6 cm³/mol. The maximum absolute atomic E-state index is 10.9. The van der Waals surface area contributed by atoms with Gasteiger partial charge in [0.25, 0.3) is 0 Å². The van der Waals surface area contributed by atoms with Crippen LogP contribution in [0.2, 0.25) is 0 Å². The number of rotatable bonds is 6. The summed E-state index contributed by atoms with van der Waals surface area (Å²) >= 11 is 1.43. The van der Waals surface area contributed by atoms with Crippen molar-refractivity contribution in [1.29, 1.82) is 0 Å². The number of aliphatic imine (C=N–C) groups is 1. The van der Waals surface area contributed by atoms with E-state index in [1.165, 1.54) is 11.3 Å². The highest BCUT2D eigenvalue weighted by Gasteiger charge is 2.07. The molecule has 2 aromatic rings. The van der Waals surface area contributed by atoms with E-state index in [1.54, 1.807) is 0 Å². The number of allylic oxidation sites excluding steroid dienone is 1. The Morgan fingerprint density at radius 1 is 1.36 bits per heavy atom. The molecule has 0 spiro atoms. The van der Waals surface area contributed by atoms with Gasteiger partial charge < -0.3 is 10.4 Å². The number of aliphatic hydroxyl groups is 1. The number of aldehydes is 1. The molecule has 0 saturated heterocycles. The fraction of sp³-hybridized carbons (Fsp3) is 0.176. The van der Waals surface area contributed by atoms with E-state index in [0.29, 0.717) is 6.54 Å². The molecule has 116 valence electrons. The number of carbonyl (C=O) groups is 1. The first-order valence-electron chi connectivity index (χ1n) is 6.72. The van der Waals surface area contributed by atoms with E-state index in [-0.39, 0.29) is 0 Å². The van der Waals surface area contributed by atoms with E-state index >= 15 is 0 Å². The molecule has 0 amide bonds. The third kappa shape index (κ3) is 4.38. The van der Waals surface area contributed by atoms with Crippen molar-refractivity contribution in [2.75, 3.05) is 19.0 Å². The number of anilines is 1. The number of nitrogens with zero attached hydrogens (tertiary/aromatic N) is 1. The van der Waals surface area contributed by atoms with Crippen LogP contribution in [0.3, 0.4) is 0 Å². The molecule has 0 aliphatic heterocycles. The van der Waals surface area contributed by atoms with Crippen LogP contribution in [0.4, 0.5) is 11.4 Å². The maximum Gasteiger partial charge on any atom is 0.162 e. The predicted octanol–water partition coefficient (Wildman–Crippen LogP) is 4.02. The van der Waals surface area contributed by atoms with Crippen LogP contribution >= 0.6 is 11.3 Å². The number of benzene rings is 1. The number of hydrogen-bond donors (Lipinski definition) is 2. The third-order valence-electron chi connectivity index (χ3n) is 3.04. The lowest BCUT2D eigenvalue weighted by Crippen LogP contribution is -2.05. The van der Waals surface area contributed by atoms with E-state index < -0.39 is 0 Å². The standard InChI is InChI=1S/C16H16N2OS.CH4O/c1-3-12(13-6-4-5-7-14(13)17-2)10-18-15-8-9-20-16(15)11-19;1-2/h3-9,11,18H,2,10H2,1H3;2H,1H3/b12-3-;. The molecule has 0 fully saturated rings. The largest absolute Gasteiger partial charge is 0.400 e. The SMILES string of the molecule is C=Nc1ccccc1/C(=C\C)CNc1ccsc1C=O.CO. The minimum Gasteiger partial charge on any atom is -0.400 e. The summed E-state index contributed by atoms with van der Waals surface area (Å²) in [6.45, 7) is 6.23. The van der Waals surface area contributed by atoms with Crippen LogP contribution in [-0.4, -0.2) is 31.8 Å². The summed E-state index contributed by atoms with van der Waals surface area (Å²) in [5.74, 6) is 0. The van der Waals surface area contributed by atoms with Crippen molar-refractivity contribution in [2.45, 2.75) is 6.92 Å². The summed E-state index contributed by atoms with van der Waals surface area (Å²) in [5, 5.41) is 12.2. The zero-order chi connectivity index (χ0) is 16.4. The van der Waals surface area contributed by atoms with Crippen molar-refractivity contribution in [3.05, 3.63) is 52.2 Å². The third-order valence-corrected chi connectivity index (χ3v) is 3.88. The lowest BCUT2D eigenvalue weighted by Gasteiger charge is -2.12. The minimum absolute atomic E-state index is 0.639. The Bertz CT molecular complexity index is 648. The van der Waals surface area contributed by atoms with E-state index in [1.807, 2.05) is 48.7 Å². The summed E-state index contributed by atoms with van der Waals surface area (Å²) in [7, 11) is 1.00. The first-order chi connectivity index (χ1) is 10.8. The van der Waals surface area contributed by atoms with Crippen LogP contribution in [-0.2, 0) is 0 Å². The Hall–Kier alpha value is -2.24. The summed E-state index contributed by atoms with van der Waals surface area (Å²) in [6.07, 6.45) is 2.92. The summed E-state index contributed by atoms with van der Waals surface area (Å²) < 4.78 is 0. The highest BCUT2D eigenvalue weighted by molar-refractivity contribution is 7.12. The van der Waals surface area contributed by atoms with Gasteiger partial charge in [-0.2, -0.15) is 0 Å². The van der Waals surface area contributed by atoms with Crippen molar-refractivity contribution < 1.29 is 9.90 Å². The average molecular weight is 316 g/mol. The van der Waals surface area contributed by atoms with Gasteiger partial charge in [-0.25, -0.2) is 0 Å². The van der Waals surface area contributed by atoms with Crippen molar-refractivity contribution in [2.24, 2.45) is 4.99 Å². The molecule has 2 N–H and O–H groups in total. The number of aliphatic hydroxyl groups excluding tert-OH is 1. The summed E-state index contributed by atoms with van der Waals surface area (Å²) in [4.78, 5) is 15.7. The number of para-hydroxylation sites is 1. The van der Waals surface area contributed by atoms with Gasteiger partial charge in [0.15, 0.2) is 6.29 Å². The Balaban J connectivity index is 0.00000116. The molecule has 0 saturated carbocycles. The van der Waals surface area contributed by atoms with Crippen LogP contribution in [0.5, 0.6) is 0 Å². The van der Waals surface area contributed by atoms with Gasteiger partial charge in [0.1, 0.15) is 0 Å². The maximum atomic E-state index is 10.9. The van der Waals surface area contributed by atoms with Crippen LogP contribution in [0.15, 0.2) is 46.8 Å². The Morgan fingerprint density at radius 3 is 2.73 bits per heavy atom.